The van der Waals surface area contributed by atoms with Gasteiger partial charge in [0.2, 0.25) is 5.88 Å². The zero-order chi connectivity index (χ0) is 27.4. The number of aryl methyl sites for hydroxylation is 1. The lowest BCUT2D eigenvalue weighted by Gasteiger charge is -2.26. The fourth-order valence-electron chi connectivity index (χ4n) is 4.37. The zero-order valence-electron chi connectivity index (χ0n) is 21.5. The summed E-state index contributed by atoms with van der Waals surface area (Å²) in [7, 11) is 1.53. The minimum atomic E-state index is -0.538. The van der Waals surface area contributed by atoms with Crippen LogP contribution in [-0.2, 0) is 6.61 Å². The van der Waals surface area contributed by atoms with Gasteiger partial charge in [-0.1, -0.05) is 54.1 Å². The molecule has 4 aromatic carbocycles. The van der Waals surface area contributed by atoms with Crippen LogP contribution in [0.3, 0.4) is 0 Å². The van der Waals surface area contributed by atoms with E-state index in [1.54, 1.807) is 42.5 Å². The van der Waals surface area contributed by atoms with Gasteiger partial charge >= 0.3 is 5.97 Å². The molecule has 5 rings (SSSR count). The summed E-state index contributed by atoms with van der Waals surface area (Å²) in [6, 6.07) is 29.7. The molecule has 1 aliphatic heterocycles. The molecule has 7 heteroatoms. The van der Waals surface area contributed by atoms with E-state index < -0.39 is 11.9 Å². The summed E-state index contributed by atoms with van der Waals surface area (Å²) in [5.74, 6) is 0.972. The smallest absolute Gasteiger partial charge is 0.343 e. The predicted molar refractivity (Wildman–Crippen MR) is 146 cm³/mol. The number of rotatable bonds is 7. The van der Waals surface area contributed by atoms with Crippen LogP contribution in [0.2, 0.25) is 0 Å². The lowest BCUT2D eigenvalue weighted by atomic mass is 9.83. The number of fused-ring (bicyclic) bond motifs is 1. The number of esters is 1. The number of nitrogens with zero attached hydrogens (tertiary/aromatic N) is 1. The second-order valence-corrected chi connectivity index (χ2v) is 9.09. The molecule has 0 fully saturated rings. The van der Waals surface area contributed by atoms with Crippen LogP contribution in [-0.4, -0.2) is 13.1 Å². The minimum Gasteiger partial charge on any atom is -0.497 e. The molecule has 0 aliphatic carbocycles. The first-order valence-electron chi connectivity index (χ1n) is 12.3. The standard InChI is InChI=1S/C32H26N2O5/c1-20-6-8-21(9-7-20)19-37-24-12-10-22(11-13-24)30-27-15-14-26(17-29(27)39-31(34)28(30)18-33)38-32(35)23-4-3-5-25(16-23)36-2/h3-17,30H,19,34H2,1-2H3. The van der Waals surface area contributed by atoms with Gasteiger partial charge in [-0.2, -0.15) is 5.26 Å². The molecule has 0 aromatic heterocycles. The number of hydrogen-bond donors (Lipinski definition) is 1. The Kier molecular flexibility index (Phi) is 7.19. The summed E-state index contributed by atoms with van der Waals surface area (Å²) in [4.78, 5) is 12.7. The lowest BCUT2D eigenvalue weighted by Crippen LogP contribution is -2.21. The molecule has 1 atom stereocenters. The van der Waals surface area contributed by atoms with Crippen molar-refractivity contribution in [3.63, 3.8) is 0 Å². The molecule has 0 amide bonds. The van der Waals surface area contributed by atoms with Gasteiger partial charge in [-0.25, -0.2) is 4.79 Å². The molecule has 194 valence electrons. The highest BCUT2D eigenvalue weighted by molar-refractivity contribution is 5.91. The van der Waals surface area contributed by atoms with E-state index in [1.165, 1.54) is 12.7 Å². The quantitative estimate of drug-likeness (QED) is 0.236. The molecule has 0 radical (unpaired) electrons. The Hall–Kier alpha value is -5.22. The van der Waals surface area contributed by atoms with Gasteiger partial charge < -0.3 is 24.7 Å². The van der Waals surface area contributed by atoms with Gasteiger partial charge in [0.25, 0.3) is 0 Å². The van der Waals surface area contributed by atoms with Gasteiger partial charge in [0.15, 0.2) is 0 Å². The Morgan fingerprint density at radius 2 is 1.69 bits per heavy atom. The van der Waals surface area contributed by atoms with E-state index in [4.69, 9.17) is 24.7 Å². The predicted octanol–water partition coefficient (Wildman–Crippen LogP) is 6.02. The highest BCUT2D eigenvalue weighted by Crippen LogP contribution is 2.43. The number of nitriles is 1. The largest absolute Gasteiger partial charge is 0.497 e. The van der Waals surface area contributed by atoms with Crippen molar-refractivity contribution in [2.75, 3.05) is 7.11 Å². The van der Waals surface area contributed by atoms with Crippen molar-refractivity contribution in [3.8, 4) is 29.1 Å². The van der Waals surface area contributed by atoms with Gasteiger partial charge in [-0.3, -0.25) is 0 Å². The van der Waals surface area contributed by atoms with Crippen LogP contribution in [0, 0.1) is 18.3 Å². The van der Waals surface area contributed by atoms with E-state index in [0.29, 0.717) is 35.0 Å². The molecule has 0 saturated carbocycles. The van der Waals surface area contributed by atoms with Crippen molar-refractivity contribution < 1.29 is 23.7 Å². The molecule has 0 bridgehead atoms. The summed E-state index contributed by atoms with van der Waals surface area (Å²) in [6.07, 6.45) is 0. The number of ether oxygens (including phenoxy) is 4. The van der Waals surface area contributed by atoms with Crippen LogP contribution in [0.25, 0.3) is 0 Å². The maximum Gasteiger partial charge on any atom is 0.343 e. The summed E-state index contributed by atoms with van der Waals surface area (Å²) in [6.45, 7) is 2.50. The normalized spacial score (nSPS) is 14.0. The fraction of sp³-hybridized carbons (Fsp3) is 0.125. The zero-order valence-corrected chi connectivity index (χ0v) is 21.5. The van der Waals surface area contributed by atoms with Crippen LogP contribution in [0.15, 0.2) is 102 Å². The summed E-state index contributed by atoms with van der Waals surface area (Å²) in [5.41, 5.74) is 10.7. The first-order valence-corrected chi connectivity index (χ1v) is 12.3. The van der Waals surface area contributed by atoms with E-state index >= 15 is 0 Å². The number of benzene rings is 4. The Balaban J connectivity index is 1.37. The molecule has 1 heterocycles. The molecular weight excluding hydrogens is 492 g/mol. The second-order valence-electron chi connectivity index (χ2n) is 9.09. The Bertz CT molecular complexity index is 1580. The monoisotopic (exact) mass is 518 g/mol. The van der Waals surface area contributed by atoms with E-state index in [0.717, 1.165) is 16.7 Å². The van der Waals surface area contributed by atoms with Crippen LogP contribution in [0.4, 0.5) is 0 Å². The molecular formula is C32H26N2O5. The van der Waals surface area contributed by atoms with Crippen molar-refractivity contribution >= 4 is 5.97 Å². The molecule has 1 aliphatic rings. The van der Waals surface area contributed by atoms with Gasteiger partial charge in [0, 0.05) is 11.6 Å². The van der Waals surface area contributed by atoms with Crippen LogP contribution in [0.1, 0.15) is 38.5 Å². The van der Waals surface area contributed by atoms with Gasteiger partial charge in [0.1, 0.15) is 41.2 Å². The third-order valence-corrected chi connectivity index (χ3v) is 6.45. The van der Waals surface area contributed by atoms with E-state index in [1.807, 2.05) is 43.3 Å². The van der Waals surface area contributed by atoms with Gasteiger partial charge in [0.05, 0.1) is 18.6 Å². The molecule has 1 unspecified atom stereocenters. The van der Waals surface area contributed by atoms with Crippen LogP contribution < -0.4 is 24.7 Å². The summed E-state index contributed by atoms with van der Waals surface area (Å²) in [5, 5.41) is 9.87. The van der Waals surface area contributed by atoms with Crippen molar-refractivity contribution in [2.45, 2.75) is 19.4 Å². The molecule has 2 N–H and O–H groups in total. The lowest BCUT2D eigenvalue weighted by molar-refractivity contribution is 0.0734. The highest BCUT2D eigenvalue weighted by Gasteiger charge is 2.31. The van der Waals surface area contributed by atoms with Crippen molar-refractivity contribution in [2.24, 2.45) is 5.73 Å². The Morgan fingerprint density at radius 3 is 2.41 bits per heavy atom. The van der Waals surface area contributed by atoms with E-state index in [2.05, 4.69) is 18.2 Å². The van der Waals surface area contributed by atoms with E-state index in [9.17, 15) is 10.1 Å². The number of allylic oxidation sites excluding steroid dienone is 1. The second kappa shape index (κ2) is 11.0. The maximum absolute atomic E-state index is 12.7. The fourth-order valence-corrected chi connectivity index (χ4v) is 4.37. The molecule has 0 spiro atoms. The maximum atomic E-state index is 12.7. The molecule has 4 aromatic rings. The van der Waals surface area contributed by atoms with Gasteiger partial charge in [-0.05, 0) is 54.4 Å². The van der Waals surface area contributed by atoms with Gasteiger partial charge in [-0.15, -0.1) is 0 Å². The number of hydrogen-bond acceptors (Lipinski definition) is 7. The number of carbonyl (C=O) groups is 1. The number of nitrogens with two attached hydrogens (primary N) is 1. The third kappa shape index (κ3) is 5.55. The minimum absolute atomic E-state index is 0.00553. The first-order chi connectivity index (χ1) is 18.9. The average Bonchev–Trinajstić information content (AvgIpc) is 2.96. The van der Waals surface area contributed by atoms with Crippen molar-refractivity contribution in [1.82, 2.24) is 0 Å². The molecule has 39 heavy (non-hydrogen) atoms. The van der Waals surface area contributed by atoms with E-state index in [-0.39, 0.29) is 11.6 Å². The van der Waals surface area contributed by atoms with Crippen LogP contribution in [0.5, 0.6) is 23.0 Å². The SMILES string of the molecule is COc1cccc(C(=O)Oc2ccc3c(c2)OC(N)=C(C#N)C3c2ccc(OCc3ccc(C)cc3)cc2)c1. The molecule has 7 nitrogen and oxygen atoms in total. The average molecular weight is 519 g/mol. The topological polar surface area (TPSA) is 104 Å². The van der Waals surface area contributed by atoms with Crippen molar-refractivity contribution in [1.29, 1.82) is 5.26 Å². The molecule has 0 saturated heterocycles. The Morgan fingerprint density at radius 1 is 0.949 bits per heavy atom. The first kappa shape index (κ1) is 25.4. The number of carbonyl (C=O) groups excluding carboxylic acids is 1. The Labute approximate surface area is 226 Å². The third-order valence-electron chi connectivity index (χ3n) is 6.45. The highest BCUT2D eigenvalue weighted by atomic mass is 16.5. The van der Waals surface area contributed by atoms with Crippen LogP contribution >= 0.6 is 0 Å². The number of methoxy groups -OCH3 is 1. The summed E-state index contributed by atoms with van der Waals surface area (Å²) >= 11 is 0. The summed E-state index contributed by atoms with van der Waals surface area (Å²) < 4.78 is 22.5. The van der Waals surface area contributed by atoms with Crippen molar-refractivity contribution in [3.05, 3.63) is 130 Å².